The Labute approximate surface area is 94.7 Å². The summed E-state index contributed by atoms with van der Waals surface area (Å²) in [6, 6.07) is 4.97. The molecule has 5 heteroatoms. The number of unbranched alkanes of at least 4 members (excludes halogenated alkanes) is 1. The Morgan fingerprint density at radius 2 is 2.06 bits per heavy atom. The van der Waals surface area contributed by atoms with E-state index in [0.29, 0.717) is 5.56 Å². The molecule has 1 amide bonds. The zero-order valence-electron chi connectivity index (χ0n) is 8.99. The van der Waals surface area contributed by atoms with Crippen LogP contribution in [0.2, 0.25) is 0 Å². The van der Waals surface area contributed by atoms with Crippen LogP contribution in [0.1, 0.15) is 35.7 Å². The standard InChI is InChI=1S/C11H13NO3S/c1-2-3-5-8-6-4-7-9-10(8)11(13)12-16(9,14)15/h4,6-7H,2-3,5H2,1H3,(H,12,13). The molecule has 1 aliphatic heterocycles. The maximum absolute atomic E-state index is 11.6. The molecule has 1 aliphatic rings. The molecule has 4 nitrogen and oxygen atoms in total. The zero-order valence-corrected chi connectivity index (χ0v) is 9.80. The molecule has 1 N–H and O–H groups in total. The lowest BCUT2D eigenvalue weighted by Crippen LogP contribution is -2.21. The number of hydrogen-bond acceptors (Lipinski definition) is 3. The highest BCUT2D eigenvalue weighted by Gasteiger charge is 2.33. The second-order valence-electron chi connectivity index (χ2n) is 3.83. The summed E-state index contributed by atoms with van der Waals surface area (Å²) in [7, 11) is -3.60. The van der Waals surface area contributed by atoms with Crippen LogP contribution in [-0.4, -0.2) is 14.3 Å². The van der Waals surface area contributed by atoms with Crippen molar-refractivity contribution in [2.45, 2.75) is 31.1 Å². The third kappa shape index (κ3) is 1.71. The van der Waals surface area contributed by atoms with E-state index < -0.39 is 15.9 Å². The van der Waals surface area contributed by atoms with Crippen molar-refractivity contribution in [3.8, 4) is 0 Å². The van der Waals surface area contributed by atoms with Crippen LogP contribution in [0.15, 0.2) is 23.1 Å². The predicted molar refractivity (Wildman–Crippen MR) is 59.7 cm³/mol. The molecule has 1 aromatic rings. The molecule has 0 spiro atoms. The minimum absolute atomic E-state index is 0.117. The van der Waals surface area contributed by atoms with Gasteiger partial charge < -0.3 is 0 Å². The fraction of sp³-hybridized carbons (Fsp3) is 0.364. The van der Waals surface area contributed by atoms with Gasteiger partial charge in [-0.2, -0.15) is 0 Å². The molecule has 0 saturated heterocycles. The first kappa shape index (κ1) is 11.1. The smallest absolute Gasteiger partial charge is 0.266 e. The Morgan fingerprint density at radius 3 is 2.75 bits per heavy atom. The van der Waals surface area contributed by atoms with Gasteiger partial charge in [0.2, 0.25) is 0 Å². The molecule has 2 rings (SSSR count). The second kappa shape index (κ2) is 3.90. The fourth-order valence-corrected chi connectivity index (χ4v) is 3.07. The molecule has 1 heterocycles. The van der Waals surface area contributed by atoms with Crippen LogP contribution in [0, 0.1) is 0 Å². The fourth-order valence-electron chi connectivity index (χ4n) is 1.86. The Morgan fingerprint density at radius 1 is 1.31 bits per heavy atom. The molecule has 0 aromatic heterocycles. The number of carbonyl (C=O) groups excluding carboxylic acids is 1. The molecule has 0 radical (unpaired) electrons. The van der Waals surface area contributed by atoms with Gasteiger partial charge in [-0.05, 0) is 24.5 Å². The van der Waals surface area contributed by atoms with Crippen molar-refractivity contribution in [1.82, 2.24) is 4.72 Å². The maximum Gasteiger partial charge on any atom is 0.266 e. The summed E-state index contributed by atoms with van der Waals surface area (Å²) in [6.07, 6.45) is 2.70. The largest absolute Gasteiger partial charge is 0.268 e. The highest BCUT2D eigenvalue weighted by atomic mass is 32.2. The van der Waals surface area contributed by atoms with E-state index in [2.05, 4.69) is 6.92 Å². The Bertz CT molecular complexity index is 534. The normalized spacial score (nSPS) is 16.9. The number of nitrogens with one attached hydrogen (secondary N) is 1. The second-order valence-corrected chi connectivity index (χ2v) is 5.48. The quantitative estimate of drug-likeness (QED) is 0.868. The highest BCUT2D eigenvalue weighted by Crippen LogP contribution is 2.26. The average molecular weight is 239 g/mol. The lowest BCUT2D eigenvalue weighted by Gasteiger charge is -2.03. The summed E-state index contributed by atoms with van der Waals surface area (Å²) >= 11 is 0. The van der Waals surface area contributed by atoms with Crippen LogP contribution in [0.25, 0.3) is 0 Å². The summed E-state index contributed by atoms with van der Waals surface area (Å²) < 4.78 is 25.1. The van der Waals surface area contributed by atoms with Crippen LogP contribution in [-0.2, 0) is 16.4 Å². The van der Waals surface area contributed by atoms with Crippen LogP contribution in [0.5, 0.6) is 0 Å². The van der Waals surface area contributed by atoms with E-state index in [4.69, 9.17) is 0 Å². The lowest BCUT2D eigenvalue weighted by molar-refractivity contribution is 0.0984. The van der Waals surface area contributed by atoms with Gasteiger partial charge in [0.25, 0.3) is 15.9 Å². The van der Waals surface area contributed by atoms with Crippen molar-refractivity contribution in [3.05, 3.63) is 29.3 Å². The molecular weight excluding hydrogens is 226 g/mol. The summed E-state index contributed by atoms with van der Waals surface area (Å²) in [5.74, 6) is -0.498. The summed E-state index contributed by atoms with van der Waals surface area (Å²) in [5.41, 5.74) is 1.15. The van der Waals surface area contributed by atoms with Gasteiger partial charge in [0, 0.05) is 0 Å². The number of fused-ring (bicyclic) bond motifs is 1. The van der Waals surface area contributed by atoms with E-state index >= 15 is 0 Å². The van der Waals surface area contributed by atoms with Crippen LogP contribution in [0.3, 0.4) is 0 Å². The van der Waals surface area contributed by atoms with Gasteiger partial charge >= 0.3 is 0 Å². The Balaban J connectivity index is 2.53. The summed E-state index contributed by atoms with van der Waals surface area (Å²) in [6.45, 7) is 2.06. The summed E-state index contributed by atoms with van der Waals surface area (Å²) in [4.78, 5) is 11.7. The molecule has 86 valence electrons. The predicted octanol–water partition coefficient (Wildman–Crippen LogP) is 1.46. The minimum atomic E-state index is -3.60. The van der Waals surface area contributed by atoms with Crippen molar-refractivity contribution in [2.24, 2.45) is 0 Å². The van der Waals surface area contributed by atoms with Crippen molar-refractivity contribution in [2.75, 3.05) is 0 Å². The van der Waals surface area contributed by atoms with Gasteiger partial charge in [0.15, 0.2) is 0 Å². The monoisotopic (exact) mass is 239 g/mol. The molecule has 0 atom stereocenters. The molecule has 0 fully saturated rings. The average Bonchev–Trinajstić information content (AvgIpc) is 2.47. The number of hydrogen-bond donors (Lipinski definition) is 1. The van der Waals surface area contributed by atoms with E-state index in [1.165, 1.54) is 6.07 Å². The van der Waals surface area contributed by atoms with E-state index in [0.717, 1.165) is 24.8 Å². The topological polar surface area (TPSA) is 63.2 Å². The number of amides is 1. The maximum atomic E-state index is 11.6. The molecule has 0 aliphatic carbocycles. The van der Waals surface area contributed by atoms with Gasteiger partial charge in [0.1, 0.15) is 4.90 Å². The molecule has 0 saturated carbocycles. The van der Waals surface area contributed by atoms with E-state index in [1.807, 2.05) is 10.8 Å². The molecule has 16 heavy (non-hydrogen) atoms. The molecule has 1 aromatic carbocycles. The van der Waals surface area contributed by atoms with E-state index in [1.54, 1.807) is 6.07 Å². The third-order valence-electron chi connectivity index (χ3n) is 2.66. The van der Waals surface area contributed by atoms with E-state index in [-0.39, 0.29) is 4.90 Å². The molecular formula is C11H13NO3S. The van der Waals surface area contributed by atoms with Gasteiger partial charge in [-0.25, -0.2) is 13.1 Å². The van der Waals surface area contributed by atoms with E-state index in [9.17, 15) is 13.2 Å². The van der Waals surface area contributed by atoms with Crippen molar-refractivity contribution < 1.29 is 13.2 Å². The van der Waals surface area contributed by atoms with Crippen molar-refractivity contribution >= 4 is 15.9 Å². The number of rotatable bonds is 3. The van der Waals surface area contributed by atoms with Crippen LogP contribution >= 0.6 is 0 Å². The van der Waals surface area contributed by atoms with Crippen molar-refractivity contribution in [1.29, 1.82) is 0 Å². The van der Waals surface area contributed by atoms with Gasteiger partial charge in [-0.15, -0.1) is 0 Å². The number of benzene rings is 1. The molecule has 0 bridgehead atoms. The zero-order chi connectivity index (χ0) is 11.8. The number of sulfonamides is 1. The van der Waals surface area contributed by atoms with Gasteiger partial charge in [0.05, 0.1) is 5.56 Å². The Kier molecular flexibility index (Phi) is 2.71. The van der Waals surface area contributed by atoms with Gasteiger partial charge in [-0.3, -0.25) is 4.79 Å². The third-order valence-corrected chi connectivity index (χ3v) is 4.03. The summed E-state index contributed by atoms with van der Waals surface area (Å²) in [5, 5.41) is 0. The first-order valence-electron chi connectivity index (χ1n) is 5.25. The first-order chi connectivity index (χ1) is 7.56. The Hall–Kier alpha value is -1.36. The van der Waals surface area contributed by atoms with Crippen LogP contribution < -0.4 is 4.72 Å². The first-order valence-corrected chi connectivity index (χ1v) is 6.73. The van der Waals surface area contributed by atoms with Crippen molar-refractivity contribution in [3.63, 3.8) is 0 Å². The van der Waals surface area contributed by atoms with Crippen LogP contribution in [0.4, 0.5) is 0 Å². The minimum Gasteiger partial charge on any atom is -0.268 e. The number of aryl methyl sites for hydroxylation is 1. The van der Waals surface area contributed by atoms with Gasteiger partial charge in [-0.1, -0.05) is 25.5 Å². The lowest BCUT2D eigenvalue weighted by atomic mass is 10.0. The SMILES string of the molecule is CCCCc1cccc2c1C(=O)NS2(=O)=O. The molecule has 0 unspecified atom stereocenters. The highest BCUT2D eigenvalue weighted by molar-refractivity contribution is 7.90. The number of carbonyl (C=O) groups is 1.